The minimum Gasteiger partial charge on any atom is -0.313 e. The van der Waals surface area contributed by atoms with Gasteiger partial charge >= 0.3 is 12.1 Å². The molecule has 0 atom stereocenters. The molecule has 1 aromatic heterocycles. The third-order valence-corrected chi connectivity index (χ3v) is 7.07. The Bertz CT molecular complexity index is 1650. The number of alkyl halides is 3. The topological polar surface area (TPSA) is 77.7 Å². The largest absolute Gasteiger partial charge is 0.437 e. The lowest BCUT2D eigenvalue weighted by atomic mass is 10.1. The zero-order chi connectivity index (χ0) is 28.5. The van der Waals surface area contributed by atoms with Crippen molar-refractivity contribution < 1.29 is 35.6 Å². The molecule has 39 heavy (non-hydrogen) atoms. The molecule has 0 radical (unpaired) electrons. The minimum atomic E-state index is -5.01. The third-order valence-electron chi connectivity index (χ3n) is 5.94. The fourth-order valence-electron chi connectivity index (χ4n) is 3.94. The molecule has 6 nitrogen and oxygen atoms in total. The number of aromatic nitrogens is 1. The van der Waals surface area contributed by atoms with E-state index in [4.69, 9.17) is 4.84 Å². The Labute approximate surface area is 222 Å². The molecule has 0 N–H and O–H groups in total. The number of hydrogen-bond acceptors (Lipinski definition) is 5. The fraction of sp³-hybridized carbons (Fsp3) is 0.143. The first kappa shape index (κ1) is 27.8. The molecule has 4 rings (SSSR count). The maximum absolute atomic E-state index is 14.2. The summed E-state index contributed by atoms with van der Waals surface area (Å²) in [4.78, 5) is 17.1. The van der Waals surface area contributed by atoms with Crippen molar-refractivity contribution in [3.05, 3.63) is 107 Å². The van der Waals surface area contributed by atoms with E-state index in [0.29, 0.717) is 11.3 Å². The SMILES string of the molecule is Cc1ccc(C(=O)O/N=C(/c2cc(-c3ccc(S(C)(=O)=O)cc3)n(-c3ccc(F)cc3)c2C)C(F)(F)F)cc1. The van der Waals surface area contributed by atoms with Crippen molar-refractivity contribution in [2.45, 2.75) is 24.9 Å². The van der Waals surface area contributed by atoms with Gasteiger partial charge in [0.2, 0.25) is 0 Å². The highest BCUT2D eigenvalue weighted by molar-refractivity contribution is 7.90. The van der Waals surface area contributed by atoms with E-state index in [0.717, 1.165) is 24.0 Å². The van der Waals surface area contributed by atoms with Crippen LogP contribution in [-0.2, 0) is 14.7 Å². The van der Waals surface area contributed by atoms with Crippen molar-refractivity contribution in [1.29, 1.82) is 0 Å². The minimum absolute atomic E-state index is 0.0261. The molecule has 0 bridgehead atoms. The molecule has 3 aromatic carbocycles. The van der Waals surface area contributed by atoms with Crippen LogP contribution < -0.4 is 0 Å². The Balaban J connectivity index is 1.86. The number of nitrogens with zero attached hydrogens (tertiary/aromatic N) is 2. The molecule has 0 amide bonds. The summed E-state index contributed by atoms with van der Waals surface area (Å²) >= 11 is 0. The Kier molecular flexibility index (Phi) is 7.47. The molecule has 0 aliphatic heterocycles. The molecule has 0 saturated carbocycles. The average Bonchev–Trinajstić information content (AvgIpc) is 3.20. The summed E-state index contributed by atoms with van der Waals surface area (Å²) < 4.78 is 81.5. The number of rotatable bonds is 6. The third kappa shape index (κ3) is 6.09. The quantitative estimate of drug-likeness (QED) is 0.118. The highest BCUT2D eigenvalue weighted by Crippen LogP contribution is 2.34. The van der Waals surface area contributed by atoms with Crippen LogP contribution in [0.1, 0.15) is 27.2 Å². The molecular weight excluding hydrogens is 536 g/mol. The number of halogens is 4. The van der Waals surface area contributed by atoms with E-state index in [1.807, 2.05) is 0 Å². The van der Waals surface area contributed by atoms with Gasteiger partial charge in [0.05, 0.1) is 16.2 Å². The number of sulfone groups is 1. The Morgan fingerprint density at radius 3 is 2.03 bits per heavy atom. The van der Waals surface area contributed by atoms with E-state index < -0.39 is 33.5 Å². The first-order valence-electron chi connectivity index (χ1n) is 11.5. The van der Waals surface area contributed by atoms with Crippen molar-refractivity contribution in [3.8, 4) is 16.9 Å². The van der Waals surface area contributed by atoms with Crippen LogP contribution in [0.15, 0.2) is 88.9 Å². The van der Waals surface area contributed by atoms with Crippen molar-refractivity contribution in [3.63, 3.8) is 0 Å². The second kappa shape index (κ2) is 10.5. The van der Waals surface area contributed by atoms with Gasteiger partial charge in [0.1, 0.15) is 5.82 Å². The molecular formula is C28H22F4N2O4S. The number of benzene rings is 3. The van der Waals surface area contributed by atoms with Gasteiger partial charge < -0.3 is 9.40 Å². The summed E-state index contributed by atoms with van der Waals surface area (Å²) in [5, 5.41) is 3.22. The lowest BCUT2D eigenvalue weighted by Gasteiger charge is -2.14. The highest BCUT2D eigenvalue weighted by Gasteiger charge is 2.40. The number of carbonyl (C=O) groups excluding carboxylic acids is 1. The van der Waals surface area contributed by atoms with Crippen LogP contribution in [0.5, 0.6) is 0 Å². The maximum Gasteiger partial charge on any atom is 0.437 e. The zero-order valence-electron chi connectivity index (χ0n) is 21.0. The summed E-state index contributed by atoms with van der Waals surface area (Å²) in [7, 11) is -3.51. The summed E-state index contributed by atoms with van der Waals surface area (Å²) in [6.45, 7) is 3.20. The normalized spacial score (nSPS) is 12.4. The smallest absolute Gasteiger partial charge is 0.313 e. The van der Waals surface area contributed by atoms with E-state index in [1.54, 1.807) is 19.1 Å². The van der Waals surface area contributed by atoms with Crippen molar-refractivity contribution in [2.75, 3.05) is 6.26 Å². The molecule has 11 heteroatoms. The standard InChI is InChI=1S/C28H22F4N2O4S/c1-17-4-6-20(7-5-17)27(35)38-33-26(28(30,31)32)24-16-25(19-8-14-23(15-9-19)39(3,36)37)34(18(24)2)22-12-10-21(29)11-13-22/h4-16H,1-3H3/b33-26-. The van der Waals surface area contributed by atoms with Crippen LogP contribution in [0, 0.1) is 19.7 Å². The van der Waals surface area contributed by atoms with Crippen LogP contribution in [0.25, 0.3) is 16.9 Å². The molecule has 0 spiro atoms. The van der Waals surface area contributed by atoms with E-state index >= 15 is 0 Å². The van der Waals surface area contributed by atoms with Gasteiger partial charge in [-0.2, -0.15) is 13.2 Å². The predicted molar refractivity (Wildman–Crippen MR) is 138 cm³/mol. The summed E-state index contributed by atoms with van der Waals surface area (Å²) in [5.74, 6) is -1.60. The molecule has 1 heterocycles. The Morgan fingerprint density at radius 2 is 1.49 bits per heavy atom. The van der Waals surface area contributed by atoms with Crippen LogP contribution >= 0.6 is 0 Å². The van der Waals surface area contributed by atoms with Gasteiger partial charge in [-0.1, -0.05) is 35.0 Å². The molecule has 0 fully saturated rings. The van der Waals surface area contributed by atoms with Crippen LogP contribution in [0.3, 0.4) is 0 Å². The summed E-state index contributed by atoms with van der Waals surface area (Å²) in [6.07, 6.45) is -3.97. The van der Waals surface area contributed by atoms with Crippen molar-refractivity contribution in [1.82, 2.24) is 4.57 Å². The van der Waals surface area contributed by atoms with Crippen molar-refractivity contribution >= 4 is 21.5 Å². The second-order valence-corrected chi connectivity index (χ2v) is 10.8. The second-order valence-electron chi connectivity index (χ2n) is 8.82. The van der Waals surface area contributed by atoms with Gasteiger partial charge in [0.15, 0.2) is 15.5 Å². The molecule has 0 aliphatic carbocycles. The summed E-state index contributed by atoms with van der Waals surface area (Å²) in [5.41, 5.74) is 0.0991. The first-order chi connectivity index (χ1) is 18.3. The molecule has 202 valence electrons. The van der Waals surface area contributed by atoms with E-state index in [1.165, 1.54) is 66.1 Å². The van der Waals surface area contributed by atoms with E-state index in [2.05, 4.69) is 5.16 Å². The number of oxime groups is 1. The molecule has 0 aliphatic rings. The summed E-state index contributed by atoms with van der Waals surface area (Å²) in [6, 6.07) is 17.9. The van der Waals surface area contributed by atoms with Crippen LogP contribution in [0.4, 0.5) is 17.6 Å². The first-order valence-corrected chi connectivity index (χ1v) is 13.4. The fourth-order valence-corrected chi connectivity index (χ4v) is 4.57. The molecule has 0 saturated heterocycles. The molecule has 0 unspecified atom stereocenters. The van der Waals surface area contributed by atoms with E-state index in [-0.39, 0.29) is 27.4 Å². The average molecular weight is 559 g/mol. The van der Waals surface area contributed by atoms with Gasteiger partial charge in [-0.25, -0.2) is 17.6 Å². The van der Waals surface area contributed by atoms with Crippen LogP contribution in [-0.4, -0.2) is 37.1 Å². The van der Waals surface area contributed by atoms with E-state index in [9.17, 15) is 30.8 Å². The number of hydrogen-bond donors (Lipinski definition) is 0. The lowest BCUT2D eigenvalue weighted by Crippen LogP contribution is -2.25. The van der Waals surface area contributed by atoms with Crippen molar-refractivity contribution in [2.24, 2.45) is 5.16 Å². The monoisotopic (exact) mass is 558 g/mol. The number of carbonyl (C=O) groups is 1. The van der Waals surface area contributed by atoms with Gasteiger partial charge in [0, 0.05) is 23.2 Å². The lowest BCUT2D eigenvalue weighted by molar-refractivity contribution is -0.0605. The zero-order valence-corrected chi connectivity index (χ0v) is 21.8. The Hall–Kier alpha value is -4.25. The van der Waals surface area contributed by atoms with Crippen LogP contribution in [0.2, 0.25) is 0 Å². The molecule has 4 aromatic rings. The van der Waals surface area contributed by atoms with Gasteiger partial charge in [-0.05, 0) is 74.0 Å². The van der Waals surface area contributed by atoms with Gasteiger partial charge in [0.25, 0.3) is 0 Å². The maximum atomic E-state index is 14.2. The number of aryl methyl sites for hydroxylation is 1. The highest BCUT2D eigenvalue weighted by atomic mass is 32.2. The Morgan fingerprint density at radius 1 is 0.897 bits per heavy atom. The predicted octanol–water partition coefficient (Wildman–Crippen LogP) is 6.43. The van der Waals surface area contributed by atoms with Gasteiger partial charge in [-0.15, -0.1) is 0 Å². The van der Waals surface area contributed by atoms with Gasteiger partial charge in [-0.3, -0.25) is 0 Å².